The molecule has 3 rings (SSSR count). The van der Waals surface area contributed by atoms with Gasteiger partial charge < -0.3 is 0 Å². The zero-order valence-electron chi connectivity index (χ0n) is 11.0. The Hall–Kier alpha value is -1.90. The van der Waals surface area contributed by atoms with Gasteiger partial charge in [0.2, 0.25) is 0 Å². The molecule has 0 fully saturated rings. The topological polar surface area (TPSA) is 30.2 Å². The molecule has 0 radical (unpaired) electrons. The standard InChI is InChI=1S/C15H17N3/c1-10(2)8-15-16-9-14-11(3)17-12-6-4-5-7-13(12)18(14)15/h4-7,9-10H,8H2,1-3H3. The Morgan fingerprint density at radius 3 is 2.72 bits per heavy atom. The summed E-state index contributed by atoms with van der Waals surface area (Å²) in [6.07, 6.45) is 2.92. The van der Waals surface area contributed by atoms with E-state index in [1.165, 1.54) is 0 Å². The van der Waals surface area contributed by atoms with Crippen LogP contribution in [0.25, 0.3) is 16.6 Å². The predicted molar refractivity (Wildman–Crippen MR) is 73.8 cm³/mol. The number of benzene rings is 1. The van der Waals surface area contributed by atoms with Gasteiger partial charge in [-0.1, -0.05) is 26.0 Å². The third kappa shape index (κ3) is 1.67. The van der Waals surface area contributed by atoms with Crippen LogP contribution in [0.15, 0.2) is 30.5 Å². The quantitative estimate of drug-likeness (QED) is 0.686. The lowest BCUT2D eigenvalue weighted by atomic mass is 10.1. The molecule has 0 amide bonds. The second-order valence-corrected chi connectivity index (χ2v) is 5.18. The molecule has 92 valence electrons. The number of rotatable bonds is 2. The fourth-order valence-electron chi connectivity index (χ4n) is 2.41. The Labute approximate surface area is 106 Å². The molecule has 3 heteroatoms. The van der Waals surface area contributed by atoms with E-state index in [1.54, 1.807) is 0 Å². The number of hydrogen-bond acceptors (Lipinski definition) is 2. The van der Waals surface area contributed by atoms with E-state index in [1.807, 2.05) is 19.2 Å². The van der Waals surface area contributed by atoms with Gasteiger partial charge in [-0.05, 0) is 25.0 Å². The van der Waals surface area contributed by atoms with E-state index in [0.717, 1.165) is 34.5 Å². The lowest BCUT2D eigenvalue weighted by Gasteiger charge is -2.09. The van der Waals surface area contributed by atoms with Crippen LogP contribution >= 0.6 is 0 Å². The van der Waals surface area contributed by atoms with Crippen molar-refractivity contribution in [3.05, 3.63) is 42.0 Å². The van der Waals surface area contributed by atoms with E-state index in [4.69, 9.17) is 0 Å². The highest BCUT2D eigenvalue weighted by Crippen LogP contribution is 2.20. The molecule has 18 heavy (non-hydrogen) atoms. The fourth-order valence-corrected chi connectivity index (χ4v) is 2.41. The second-order valence-electron chi connectivity index (χ2n) is 5.18. The van der Waals surface area contributed by atoms with Gasteiger partial charge in [-0.25, -0.2) is 9.97 Å². The summed E-state index contributed by atoms with van der Waals surface area (Å²) >= 11 is 0. The third-order valence-corrected chi connectivity index (χ3v) is 3.21. The van der Waals surface area contributed by atoms with Crippen molar-refractivity contribution in [2.45, 2.75) is 27.2 Å². The van der Waals surface area contributed by atoms with Crippen LogP contribution in [0.5, 0.6) is 0 Å². The average Bonchev–Trinajstić information content (AvgIpc) is 2.73. The summed E-state index contributed by atoms with van der Waals surface area (Å²) in [4.78, 5) is 9.20. The maximum absolute atomic E-state index is 4.64. The number of hydrogen-bond donors (Lipinski definition) is 0. The first kappa shape index (κ1) is 11.2. The molecule has 3 aromatic rings. The monoisotopic (exact) mass is 239 g/mol. The molecule has 0 spiro atoms. The summed E-state index contributed by atoms with van der Waals surface area (Å²) in [6, 6.07) is 8.25. The molecule has 0 atom stereocenters. The smallest absolute Gasteiger partial charge is 0.114 e. The van der Waals surface area contributed by atoms with Gasteiger partial charge >= 0.3 is 0 Å². The number of nitrogens with zero attached hydrogens (tertiary/aromatic N) is 3. The van der Waals surface area contributed by atoms with Gasteiger partial charge in [0, 0.05) is 6.42 Å². The van der Waals surface area contributed by atoms with Gasteiger partial charge in [0.25, 0.3) is 0 Å². The van der Waals surface area contributed by atoms with Crippen LogP contribution in [0, 0.1) is 12.8 Å². The Morgan fingerprint density at radius 2 is 1.94 bits per heavy atom. The molecule has 2 heterocycles. The van der Waals surface area contributed by atoms with Gasteiger partial charge in [0.1, 0.15) is 5.82 Å². The van der Waals surface area contributed by atoms with Crippen LogP contribution in [-0.2, 0) is 6.42 Å². The number of aromatic nitrogens is 3. The van der Waals surface area contributed by atoms with Crippen molar-refractivity contribution >= 4 is 16.6 Å². The van der Waals surface area contributed by atoms with Crippen molar-refractivity contribution in [2.75, 3.05) is 0 Å². The van der Waals surface area contributed by atoms with Gasteiger partial charge in [0.15, 0.2) is 0 Å². The maximum atomic E-state index is 4.64. The van der Waals surface area contributed by atoms with E-state index in [9.17, 15) is 0 Å². The van der Waals surface area contributed by atoms with E-state index >= 15 is 0 Å². The van der Waals surface area contributed by atoms with Crippen LogP contribution < -0.4 is 0 Å². The second kappa shape index (κ2) is 4.09. The van der Waals surface area contributed by atoms with E-state index < -0.39 is 0 Å². The number of aryl methyl sites for hydroxylation is 1. The molecular weight excluding hydrogens is 222 g/mol. The summed E-state index contributed by atoms with van der Waals surface area (Å²) in [5, 5.41) is 0. The predicted octanol–water partition coefficient (Wildman–Crippen LogP) is 3.39. The van der Waals surface area contributed by atoms with Crippen molar-refractivity contribution in [3.63, 3.8) is 0 Å². The molecule has 0 N–H and O–H groups in total. The van der Waals surface area contributed by atoms with Gasteiger partial charge in [-0.15, -0.1) is 0 Å². The molecule has 3 nitrogen and oxygen atoms in total. The number of fused-ring (bicyclic) bond motifs is 3. The first-order valence-corrected chi connectivity index (χ1v) is 6.38. The molecule has 0 saturated heterocycles. The van der Waals surface area contributed by atoms with Crippen LogP contribution in [0.1, 0.15) is 25.4 Å². The fraction of sp³-hybridized carbons (Fsp3) is 0.333. The van der Waals surface area contributed by atoms with Crippen LogP contribution in [0.3, 0.4) is 0 Å². The molecule has 0 unspecified atom stereocenters. The summed E-state index contributed by atoms with van der Waals surface area (Å²) in [5.41, 5.74) is 4.33. The Bertz CT molecular complexity index is 710. The highest BCUT2D eigenvalue weighted by atomic mass is 15.0. The molecule has 0 aliphatic rings. The number of imidazole rings is 1. The Kier molecular flexibility index (Phi) is 2.54. The van der Waals surface area contributed by atoms with Crippen LogP contribution in [-0.4, -0.2) is 14.4 Å². The van der Waals surface area contributed by atoms with Crippen molar-refractivity contribution in [3.8, 4) is 0 Å². The lowest BCUT2D eigenvalue weighted by molar-refractivity contribution is 0.621. The zero-order chi connectivity index (χ0) is 12.7. The van der Waals surface area contributed by atoms with E-state index in [0.29, 0.717) is 5.92 Å². The summed E-state index contributed by atoms with van der Waals surface area (Å²) < 4.78 is 2.25. The largest absolute Gasteiger partial charge is 0.293 e. The van der Waals surface area contributed by atoms with E-state index in [2.05, 4.69) is 46.4 Å². The van der Waals surface area contributed by atoms with Gasteiger partial charge in [-0.3, -0.25) is 4.40 Å². The maximum Gasteiger partial charge on any atom is 0.114 e. The van der Waals surface area contributed by atoms with E-state index in [-0.39, 0.29) is 0 Å². The summed E-state index contributed by atoms with van der Waals surface area (Å²) in [5.74, 6) is 1.73. The van der Waals surface area contributed by atoms with Crippen LogP contribution in [0.2, 0.25) is 0 Å². The first-order valence-electron chi connectivity index (χ1n) is 6.38. The molecule has 2 aromatic heterocycles. The molecular formula is C15H17N3. The third-order valence-electron chi connectivity index (χ3n) is 3.21. The molecule has 0 aliphatic heterocycles. The van der Waals surface area contributed by atoms with Gasteiger partial charge in [-0.2, -0.15) is 0 Å². The Balaban J connectivity index is 2.40. The summed E-state index contributed by atoms with van der Waals surface area (Å²) in [7, 11) is 0. The molecule has 0 saturated carbocycles. The molecule has 1 aromatic carbocycles. The van der Waals surface area contributed by atoms with Crippen molar-refractivity contribution in [1.82, 2.24) is 14.4 Å². The van der Waals surface area contributed by atoms with Crippen molar-refractivity contribution in [1.29, 1.82) is 0 Å². The highest BCUT2D eigenvalue weighted by molar-refractivity contribution is 5.79. The lowest BCUT2D eigenvalue weighted by Crippen LogP contribution is -2.03. The number of para-hydroxylation sites is 2. The highest BCUT2D eigenvalue weighted by Gasteiger charge is 2.11. The first-order chi connectivity index (χ1) is 8.66. The SMILES string of the molecule is Cc1nc2ccccc2n2c(CC(C)C)ncc12. The van der Waals surface area contributed by atoms with Gasteiger partial charge in [0.05, 0.1) is 28.4 Å². The zero-order valence-corrected chi connectivity index (χ0v) is 11.0. The normalized spacial score (nSPS) is 11.8. The minimum absolute atomic E-state index is 0.600. The average molecular weight is 239 g/mol. The van der Waals surface area contributed by atoms with Crippen molar-refractivity contribution < 1.29 is 0 Å². The van der Waals surface area contributed by atoms with Crippen molar-refractivity contribution in [2.24, 2.45) is 5.92 Å². The molecule has 0 bridgehead atoms. The van der Waals surface area contributed by atoms with Crippen LogP contribution in [0.4, 0.5) is 0 Å². The minimum Gasteiger partial charge on any atom is -0.293 e. The Morgan fingerprint density at radius 1 is 1.17 bits per heavy atom. The summed E-state index contributed by atoms with van der Waals surface area (Å²) in [6.45, 7) is 6.48. The minimum atomic E-state index is 0.600. The molecule has 0 aliphatic carbocycles.